The average molecular weight is 357 g/mol. The van der Waals surface area contributed by atoms with Gasteiger partial charge in [-0.1, -0.05) is 17.7 Å². The van der Waals surface area contributed by atoms with Gasteiger partial charge in [-0.05, 0) is 57.2 Å². The predicted molar refractivity (Wildman–Crippen MR) is 97.1 cm³/mol. The molecule has 0 saturated carbocycles. The first-order valence-corrected chi connectivity index (χ1v) is 8.39. The predicted octanol–water partition coefficient (Wildman–Crippen LogP) is 4.39. The van der Waals surface area contributed by atoms with Crippen molar-refractivity contribution in [2.24, 2.45) is 0 Å². The molecule has 4 nitrogen and oxygen atoms in total. The lowest BCUT2D eigenvalue weighted by molar-refractivity contribution is 0.0889. The first-order valence-electron chi connectivity index (χ1n) is 8.01. The van der Waals surface area contributed by atoms with E-state index >= 15 is 0 Å². The molecule has 0 bridgehead atoms. The van der Waals surface area contributed by atoms with Crippen molar-refractivity contribution in [3.8, 4) is 5.75 Å². The molecule has 1 atom stereocenters. The second kappa shape index (κ2) is 6.52. The summed E-state index contributed by atoms with van der Waals surface area (Å²) in [6.07, 6.45) is 1.92. The zero-order valence-electron chi connectivity index (χ0n) is 14.3. The van der Waals surface area contributed by atoms with Gasteiger partial charge in [0.25, 0.3) is 5.91 Å². The summed E-state index contributed by atoms with van der Waals surface area (Å²) in [5, 5.41) is 3.50. The largest absolute Gasteiger partial charge is 0.487 e. The van der Waals surface area contributed by atoms with E-state index in [2.05, 4.69) is 5.32 Å². The smallest absolute Gasteiger partial charge is 0.251 e. The summed E-state index contributed by atoms with van der Waals surface area (Å²) in [4.78, 5) is 24.3. The van der Waals surface area contributed by atoms with E-state index in [1.807, 2.05) is 20.3 Å². The van der Waals surface area contributed by atoms with E-state index in [1.165, 1.54) is 6.92 Å². The van der Waals surface area contributed by atoms with Crippen LogP contribution in [0.5, 0.6) is 5.75 Å². The molecule has 25 heavy (non-hydrogen) atoms. The summed E-state index contributed by atoms with van der Waals surface area (Å²) in [7, 11) is 0. The van der Waals surface area contributed by atoms with Gasteiger partial charge in [-0.15, -0.1) is 0 Å². The monoisotopic (exact) mass is 356 g/mol. The molecule has 1 N–H and O–H groups in total. The Morgan fingerprint density at radius 2 is 1.88 bits per heavy atom. The fourth-order valence-corrected chi connectivity index (χ4v) is 3.08. The van der Waals surface area contributed by atoms with Crippen LogP contribution in [0.3, 0.4) is 0 Å². The summed E-state index contributed by atoms with van der Waals surface area (Å²) in [6.45, 7) is 5.36. The fraction of sp³-hybridized carbons (Fsp3) is 0.250. The number of fused-ring (bicyclic) bond motifs is 1. The van der Waals surface area contributed by atoms with Crippen LogP contribution in [0.2, 0.25) is 5.02 Å². The third kappa shape index (κ3) is 3.85. The Bertz CT molecular complexity index is 845. The number of hydrogen-bond donors (Lipinski definition) is 1. The number of halogens is 1. The Morgan fingerprint density at radius 1 is 1.12 bits per heavy atom. The Hall–Kier alpha value is -2.33. The quantitative estimate of drug-likeness (QED) is 0.830. The number of ketones is 1. The maximum atomic E-state index is 12.6. The van der Waals surface area contributed by atoms with Crippen LogP contribution in [0.4, 0.5) is 0 Å². The number of nitrogens with one attached hydrogen (secondary N) is 1. The molecule has 3 rings (SSSR count). The van der Waals surface area contributed by atoms with Gasteiger partial charge in [0.05, 0.1) is 6.04 Å². The molecular formula is C20H19ClNO3. The zero-order chi connectivity index (χ0) is 18.2. The minimum Gasteiger partial charge on any atom is -0.487 e. The van der Waals surface area contributed by atoms with Gasteiger partial charge in [0.2, 0.25) is 0 Å². The lowest BCUT2D eigenvalue weighted by atomic mass is 9.88. The molecular weight excluding hydrogens is 338 g/mol. The maximum Gasteiger partial charge on any atom is 0.251 e. The van der Waals surface area contributed by atoms with E-state index in [-0.39, 0.29) is 17.7 Å². The van der Waals surface area contributed by atoms with Crippen LogP contribution in [-0.2, 0) is 0 Å². The van der Waals surface area contributed by atoms with Crippen molar-refractivity contribution >= 4 is 23.3 Å². The summed E-state index contributed by atoms with van der Waals surface area (Å²) < 4.78 is 5.95. The van der Waals surface area contributed by atoms with Crippen LogP contribution >= 0.6 is 11.6 Å². The summed E-state index contributed by atoms with van der Waals surface area (Å²) in [5.74, 6) is 0.391. The second-order valence-corrected chi connectivity index (χ2v) is 7.08. The van der Waals surface area contributed by atoms with Gasteiger partial charge in [0.15, 0.2) is 5.78 Å². The van der Waals surface area contributed by atoms with Crippen LogP contribution < -0.4 is 10.1 Å². The van der Waals surface area contributed by atoms with E-state index in [1.54, 1.807) is 42.5 Å². The Morgan fingerprint density at radius 3 is 2.56 bits per heavy atom. The van der Waals surface area contributed by atoms with Crippen molar-refractivity contribution in [3.05, 3.63) is 70.6 Å². The number of rotatable bonds is 3. The number of carbonyl (C=O) groups is 2. The van der Waals surface area contributed by atoms with Gasteiger partial charge < -0.3 is 10.1 Å². The average Bonchev–Trinajstić information content (AvgIpc) is 2.53. The van der Waals surface area contributed by atoms with Crippen molar-refractivity contribution in [2.75, 3.05) is 0 Å². The van der Waals surface area contributed by atoms with Gasteiger partial charge in [0, 0.05) is 28.1 Å². The molecule has 0 aromatic heterocycles. The summed E-state index contributed by atoms with van der Waals surface area (Å²) >= 11 is 5.97. The molecule has 1 aliphatic rings. The number of Topliss-reactive ketones (excluding diaryl/α,β-unsaturated/α-hetero) is 1. The highest BCUT2D eigenvalue weighted by Crippen LogP contribution is 2.39. The standard InChI is InChI=1S/C20H19ClNO3/c1-12(23)13-7-8-18-16(10-13)17(11-20(2,3)25-18)22-19(24)14-5-4-6-15(21)9-14/h4-11,17H,1-3H3,(H,22,24)/t17-/m0/s1. The Kier molecular flexibility index (Phi) is 4.56. The van der Waals surface area contributed by atoms with Crippen molar-refractivity contribution in [1.29, 1.82) is 0 Å². The molecule has 0 spiro atoms. The van der Waals surface area contributed by atoms with Crippen molar-refractivity contribution in [3.63, 3.8) is 0 Å². The normalized spacial score (nSPS) is 18.0. The van der Waals surface area contributed by atoms with Crippen LogP contribution in [0.1, 0.15) is 53.1 Å². The molecule has 2 aromatic rings. The molecule has 129 valence electrons. The van der Waals surface area contributed by atoms with E-state index < -0.39 is 5.60 Å². The Balaban J connectivity index is 1.94. The van der Waals surface area contributed by atoms with Gasteiger partial charge in [-0.2, -0.15) is 0 Å². The van der Waals surface area contributed by atoms with E-state index in [0.717, 1.165) is 5.56 Å². The van der Waals surface area contributed by atoms with Gasteiger partial charge >= 0.3 is 0 Å². The minimum absolute atomic E-state index is 0.0347. The van der Waals surface area contributed by atoms with Crippen molar-refractivity contribution < 1.29 is 14.3 Å². The van der Waals surface area contributed by atoms with Gasteiger partial charge in [0.1, 0.15) is 11.4 Å². The third-order valence-electron chi connectivity index (χ3n) is 4.07. The highest BCUT2D eigenvalue weighted by molar-refractivity contribution is 6.30. The van der Waals surface area contributed by atoms with E-state index in [4.69, 9.17) is 16.3 Å². The van der Waals surface area contributed by atoms with E-state index in [9.17, 15) is 9.59 Å². The minimum atomic E-state index is -0.545. The highest BCUT2D eigenvalue weighted by Gasteiger charge is 2.35. The second-order valence-electron chi connectivity index (χ2n) is 6.64. The molecule has 2 aromatic carbocycles. The summed E-state index contributed by atoms with van der Waals surface area (Å²) in [6, 6.07) is 11.7. The number of hydrogen-bond acceptors (Lipinski definition) is 3. The molecule has 5 heteroatoms. The molecule has 0 unspecified atom stereocenters. The number of amides is 1. The van der Waals surface area contributed by atoms with Crippen LogP contribution in [0.25, 0.3) is 0 Å². The molecule has 0 saturated heterocycles. The highest BCUT2D eigenvalue weighted by atomic mass is 35.5. The topological polar surface area (TPSA) is 55.4 Å². The number of ether oxygens (including phenoxy) is 1. The molecule has 1 aliphatic heterocycles. The van der Waals surface area contributed by atoms with Gasteiger partial charge in [-0.3, -0.25) is 9.59 Å². The number of carbonyl (C=O) groups excluding carboxylic acids is 2. The first-order chi connectivity index (χ1) is 11.7. The molecule has 1 amide bonds. The maximum absolute atomic E-state index is 12.6. The van der Waals surface area contributed by atoms with Crippen molar-refractivity contribution in [1.82, 2.24) is 5.32 Å². The SMILES string of the molecule is CC(=O)c1ccc2c(c1)[C@@H](NC(=O)c1cccc(Cl)c1)[CH]C(C)(C)O2. The molecule has 0 aliphatic carbocycles. The van der Waals surface area contributed by atoms with E-state index in [0.29, 0.717) is 21.9 Å². The molecule has 1 heterocycles. The van der Waals surface area contributed by atoms with Gasteiger partial charge in [-0.25, -0.2) is 0 Å². The van der Waals surface area contributed by atoms with Crippen LogP contribution in [-0.4, -0.2) is 17.3 Å². The lowest BCUT2D eigenvalue weighted by Gasteiger charge is -2.37. The molecule has 1 radical (unpaired) electrons. The third-order valence-corrected chi connectivity index (χ3v) is 4.30. The number of benzene rings is 2. The lowest BCUT2D eigenvalue weighted by Crippen LogP contribution is -2.42. The zero-order valence-corrected chi connectivity index (χ0v) is 15.1. The summed E-state index contributed by atoms with van der Waals surface area (Å²) in [5.41, 5.74) is 1.28. The van der Waals surface area contributed by atoms with Crippen molar-refractivity contribution in [2.45, 2.75) is 32.4 Å². The molecule has 0 fully saturated rings. The van der Waals surface area contributed by atoms with Crippen LogP contribution in [0, 0.1) is 6.42 Å². The Labute approximate surface area is 152 Å². The van der Waals surface area contributed by atoms with Crippen LogP contribution in [0.15, 0.2) is 42.5 Å². The fourth-order valence-electron chi connectivity index (χ4n) is 2.89. The first kappa shape index (κ1) is 17.5.